The molecular weight excluding hydrogens is 382 g/mol. The zero-order chi connectivity index (χ0) is 19.6. The third-order valence-corrected chi connectivity index (χ3v) is 2.30. The highest BCUT2D eigenvalue weighted by Crippen LogP contribution is 2.38. The van der Waals surface area contributed by atoms with Gasteiger partial charge in [-0.3, -0.25) is 4.79 Å². The maximum atomic E-state index is 13.1. The van der Waals surface area contributed by atoms with Crippen molar-refractivity contribution in [2.45, 2.75) is 23.4 Å². The standard InChI is InChI=1S/C10H9F8NO4S/c1-4(9(13,14)15)5(20)23-8(6(21)19-2,10(16,17)18)22-3-7(11,12)24/h24H,1,3H2,2H3,(H,19,21). The van der Waals surface area contributed by atoms with E-state index in [9.17, 15) is 44.7 Å². The molecule has 0 fully saturated rings. The van der Waals surface area contributed by atoms with Crippen LogP contribution in [0, 0.1) is 0 Å². The summed E-state index contributed by atoms with van der Waals surface area (Å²) in [6.07, 6.45) is -11.5. The summed E-state index contributed by atoms with van der Waals surface area (Å²) in [5.74, 6) is -9.86. The van der Waals surface area contributed by atoms with Crippen molar-refractivity contribution in [3.63, 3.8) is 0 Å². The maximum absolute atomic E-state index is 13.1. The Balaban J connectivity index is 5.89. The van der Waals surface area contributed by atoms with Gasteiger partial charge in [0.1, 0.15) is 12.2 Å². The van der Waals surface area contributed by atoms with Gasteiger partial charge in [0, 0.05) is 7.05 Å². The molecule has 24 heavy (non-hydrogen) atoms. The van der Waals surface area contributed by atoms with E-state index in [4.69, 9.17) is 0 Å². The zero-order valence-electron chi connectivity index (χ0n) is 11.5. The van der Waals surface area contributed by atoms with E-state index in [1.165, 1.54) is 5.32 Å². The predicted octanol–water partition coefficient (Wildman–Crippen LogP) is 2.19. The van der Waals surface area contributed by atoms with Crippen LogP contribution in [0.15, 0.2) is 12.2 Å². The van der Waals surface area contributed by atoms with Gasteiger partial charge in [-0.1, -0.05) is 6.58 Å². The molecule has 0 aromatic carbocycles. The molecule has 0 aromatic heterocycles. The molecule has 0 aliphatic carbocycles. The van der Waals surface area contributed by atoms with Crippen LogP contribution in [0.4, 0.5) is 35.1 Å². The lowest BCUT2D eigenvalue weighted by atomic mass is 10.2. The summed E-state index contributed by atoms with van der Waals surface area (Å²) in [5.41, 5.74) is -2.42. The topological polar surface area (TPSA) is 64.6 Å². The Bertz CT molecular complexity index is 512. The number of ether oxygens (including phenoxy) is 2. The number of halogens is 8. The van der Waals surface area contributed by atoms with Gasteiger partial charge in [0.15, 0.2) is 0 Å². The van der Waals surface area contributed by atoms with Gasteiger partial charge >= 0.3 is 35.3 Å². The van der Waals surface area contributed by atoms with Crippen LogP contribution in [-0.2, 0) is 19.1 Å². The average molecular weight is 391 g/mol. The van der Waals surface area contributed by atoms with Crippen LogP contribution in [0.2, 0.25) is 0 Å². The van der Waals surface area contributed by atoms with E-state index < -0.39 is 47.5 Å². The van der Waals surface area contributed by atoms with Crippen LogP contribution in [0.5, 0.6) is 0 Å². The predicted molar refractivity (Wildman–Crippen MR) is 64.0 cm³/mol. The Labute approximate surface area is 134 Å². The summed E-state index contributed by atoms with van der Waals surface area (Å²) in [6.45, 7) is -0.0447. The van der Waals surface area contributed by atoms with Gasteiger partial charge in [0.05, 0.1) is 0 Å². The quantitative estimate of drug-likeness (QED) is 0.240. The molecule has 0 saturated carbocycles. The average Bonchev–Trinajstić information content (AvgIpc) is 2.37. The minimum atomic E-state index is -6.01. The molecule has 1 N–H and O–H groups in total. The minimum absolute atomic E-state index is 0.567. The van der Waals surface area contributed by atoms with Crippen LogP contribution in [0.3, 0.4) is 0 Å². The van der Waals surface area contributed by atoms with Crippen molar-refractivity contribution in [3.05, 3.63) is 12.2 Å². The largest absolute Gasteiger partial charge is 0.466 e. The molecule has 1 unspecified atom stereocenters. The lowest BCUT2D eigenvalue weighted by Gasteiger charge is -2.33. The molecule has 0 heterocycles. The summed E-state index contributed by atoms with van der Waals surface area (Å²) >= 11 is 2.54. The first kappa shape index (κ1) is 22.4. The van der Waals surface area contributed by atoms with Crippen LogP contribution < -0.4 is 5.32 Å². The molecule has 0 rings (SSSR count). The number of nitrogens with one attached hydrogen (secondary N) is 1. The smallest absolute Gasteiger partial charge is 0.412 e. The third kappa shape index (κ3) is 5.51. The highest BCUT2D eigenvalue weighted by atomic mass is 32.1. The van der Waals surface area contributed by atoms with Crippen LogP contribution in [0.1, 0.15) is 0 Å². The number of thiol groups is 1. The summed E-state index contributed by atoms with van der Waals surface area (Å²) in [4.78, 5) is 22.6. The van der Waals surface area contributed by atoms with Crippen molar-refractivity contribution in [3.8, 4) is 0 Å². The third-order valence-electron chi connectivity index (χ3n) is 2.17. The van der Waals surface area contributed by atoms with Crippen molar-refractivity contribution in [1.29, 1.82) is 0 Å². The molecule has 0 saturated heterocycles. The minimum Gasteiger partial charge on any atom is -0.412 e. The maximum Gasteiger partial charge on any atom is 0.466 e. The number of alkyl halides is 8. The molecule has 0 radical (unpaired) electrons. The molecule has 0 bridgehead atoms. The molecule has 0 aromatic rings. The summed E-state index contributed by atoms with van der Waals surface area (Å²) in [7, 11) is 0.567. The molecular formula is C10H9F8NO4S. The molecule has 5 nitrogen and oxygen atoms in total. The van der Waals surface area contributed by atoms with Gasteiger partial charge in [-0.05, 0) is 0 Å². The number of carbonyl (C=O) groups is 2. The Morgan fingerprint density at radius 1 is 1.08 bits per heavy atom. The molecule has 1 atom stereocenters. The first-order valence-corrected chi connectivity index (χ1v) is 5.95. The normalized spacial score (nSPS) is 15.4. The van der Waals surface area contributed by atoms with E-state index in [0.29, 0.717) is 7.05 Å². The molecule has 0 spiro atoms. The number of likely N-dealkylation sites (N-methyl/N-ethyl adjacent to an activating group) is 1. The van der Waals surface area contributed by atoms with Crippen molar-refractivity contribution in [1.82, 2.24) is 5.32 Å². The van der Waals surface area contributed by atoms with Crippen LogP contribution in [-0.4, -0.2) is 48.9 Å². The molecule has 140 valence electrons. The van der Waals surface area contributed by atoms with Gasteiger partial charge in [-0.25, -0.2) is 4.79 Å². The molecule has 0 aliphatic rings. The fourth-order valence-corrected chi connectivity index (χ4v) is 1.14. The lowest BCUT2D eigenvalue weighted by molar-refractivity contribution is -0.352. The zero-order valence-corrected chi connectivity index (χ0v) is 12.4. The van der Waals surface area contributed by atoms with Gasteiger partial charge in [0.2, 0.25) is 0 Å². The summed E-state index contributed by atoms with van der Waals surface area (Å²) in [5, 5.41) is -2.93. The number of esters is 1. The highest BCUT2D eigenvalue weighted by Gasteiger charge is 2.67. The SMILES string of the molecule is C=C(C(=O)OC(OCC(F)(F)S)(C(=O)NC)C(F)(F)F)C(F)(F)F. The van der Waals surface area contributed by atoms with Crippen LogP contribution >= 0.6 is 12.6 Å². The number of hydrogen-bond donors (Lipinski definition) is 2. The Morgan fingerprint density at radius 2 is 1.54 bits per heavy atom. The summed E-state index contributed by atoms with van der Waals surface area (Å²) < 4.78 is 108. The van der Waals surface area contributed by atoms with Gasteiger partial charge in [0.25, 0.3) is 0 Å². The Morgan fingerprint density at radius 3 is 1.83 bits per heavy atom. The van der Waals surface area contributed by atoms with E-state index in [1.54, 1.807) is 0 Å². The van der Waals surface area contributed by atoms with Gasteiger partial charge in [-0.2, -0.15) is 35.1 Å². The van der Waals surface area contributed by atoms with Gasteiger partial charge in [-0.15, -0.1) is 12.6 Å². The van der Waals surface area contributed by atoms with Crippen molar-refractivity contribution < 1.29 is 54.2 Å². The van der Waals surface area contributed by atoms with Crippen molar-refractivity contribution >= 4 is 24.5 Å². The van der Waals surface area contributed by atoms with E-state index in [2.05, 4.69) is 28.7 Å². The van der Waals surface area contributed by atoms with Crippen LogP contribution in [0.25, 0.3) is 0 Å². The highest BCUT2D eigenvalue weighted by molar-refractivity contribution is 7.81. The van der Waals surface area contributed by atoms with Gasteiger partial charge < -0.3 is 14.8 Å². The Hall–Kier alpha value is -1.57. The first-order valence-electron chi connectivity index (χ1n) is 5.50. The molecule has 14 heteroatoms. The second-order valence-corrected chi connectivity index (χ2v) is 4.67. The second-order valence-electron chi connectivity index (χ2n) is 4.01. The first-order chi connectivity index (χ1) is 10.5. The van der Waals surface area contributed by atoms with E-state index in [-0.39, 0.29) is 0 Å². The lowest BCUT2D eigenvalue weighted by Crippen LogP contribution is -2.62. The summed E-state index contributed by atoms with van der Waals surface area (Å²) in [6, 6.07) is 0. The number of amides is 1. The fourth-order valence-electron chi connectivity index (χ4n) is 1.07. The van der Waals surface area contributed by atoms with Crippen molar-refractivity contribution in [2.24, 2.45) is 0 Å². The number of carbonyl (C=O) groups excluding carboxylic acids is 2. The Kier molecular flexibility index (Phi) is 6.66. The van der Waals surface area contributed by atoms with E-state index >= 15 is 0 Å². The molecule has 0 aliphatic heterocycles. The number of hydrogen-bond acceptors (Lipinski definition) is 5. The fraction of sp³-hybridized carbons (Fsp3) is 0.600. The van der Waals surface area contributed by atoms with E-state index in [0.717, 1.165) is 0 Å². The second kappa shape index (κ2) is 7.13. The van der Waals surface area contributed by atoms with E-state index in [1.807, 2.05) is 0 Å². The monoisotopic (exact) mass is 391 g/mol. The molecule has 1 amide bonds. The van der Waals surface area contributed by atoms with Crippen molar-refractivity contribution in [2.75, 3.05) is 13.7 Å². The number of rotatable bonds is 6.